The Morgan fingerprint density at radius 2 is 1.59 bits per heavy atom. The van der Waals surface area contributed by atoms with E-state index in [9.17, 15) is 49.5 Å². The second kappa shape index (κ2) is 9.20. The first-order valence-corrected chi connectivity index (χ1v) is 13.2. The SMILES string of the molecule is CC1(C(=O)N2Cc3cc(S(C)(=O)=O)ccc3C2C(=O)Nc2ccc(C(O)(C(F)(F)F)C(F)(F)F)cc2)COC1. The van der Waals surface area contributed by atoms with Crippen LogP contribution in [0, 0.1) is 5.41 Å². The van der Waals surface area contributed by atoms with Crippen LogP contribution in [-0.2, 0) is 36.3 Å². The number of sulfone groups is 1. The maximum atomic E-state index is 13.3. The van der Waals surface area contributed by atoms with E-state index in [2.05, 4.69) is 5.32 Å². The molecular formula is C24H22F6N2O6S. The number of nitrogens with one attached hydrogen (secondary N) is 1. The molecule has 0 bridgehead atoms. The number of carbonyl (C=O) groups excluding carboxylic acids is 2. The van der Waals surface area contributed by atoms with E-state index in [1.54, 1.807) is 6.92 Å². The van der Waals surface area contributed by atoms with Crippen LogP contribution in [0.4, 0.5) is 32.0 Å². The number of amides is 2. The lowest BCUT2D eigenvalue weighted by Crippen LogP contribution is -2.54. The molecule has 8 nitrogen and oxygen atoms in total. The molecule has 2 aromatic carbocycles. The standard InChI is InChI=1S/C24H22F6N2O6S/c1-21(11-38-12-21)20(34)32-10-13-9-16(39(2,36)37)7-8-17(13)18(32)19(33)31-15-5-3-14(4-6-15)22(35,23(25,26)27)24(28,29)30/h3-9,18,35H,10-12H2,1-2H3,(H,31,33). The minimum Gasteiger partial charge on any atom is -0.379 e. The highest BCUT2D eigenvalue weighted by Crippen LogP contribution is 2.50. The Hall–Kier alpha value is -3.17. The maximum absolute atomic E-state index is 13.3. The molecule has 0 saturated carbocycles. The van der Waals surface area contributed by atoms with E-state index < -0.39 is 56.6 Å². The van der Waals surface area contributed by atoms with E-state index in [0.29, 0.717) is 23.3 Å². The Morgan fingerprint density at radius 3 is 2.05 bits per heavy atom. The van der Waals surface area contributed by atoms with Crippen LogP contribution in [0.5, 0.6) is 0 Å². The minimum absolute atomic E-state index is 0.0368. The molecule has 0 radical (unpaired) electrons. The minimum atomic E-state index is -6.07. The maximum Gasteiger partial charge on any atom is 0.430 e. The van der Waals surface area contributed by atoms with Gasteiger partial charge in [-0.1, -0.05) is 18.2 Å². The lowest BCUT2D eigenvalue weighted by Gasteiger charge is -2.40. The van der Waals surface area contributed by atoms with Gasteiger partial charge in [0.1, 0.15) is 6.04 Å². The predicted octanol–water partition coefficient (Wildman–Crippen LogP) is 3.46. The summed E-state index contributed by atoms with van der Waals surface area (Å²) in [4.78, 5) is 27.8. The summed E-state index contributed by atoms with van der Waals surface area (Å²) in [6, 6.07) is 4.97. The molecule has 4 rings (SSSR count). The van der Waals surface area contributed by atoms with Crippen molar-refractivity contribution >= 4 is 27.3 Å². The summed E-state index contributed by atoms with van der Waals surface area (Å²) >= 11 is 0. The highest BCUT2D eigenvalue weighted by atomic mass is 32.2. The van der Waals surface area contributed by atoms with Crippen molar-refractivity contribution < 1.29 is 54.2 Å². The molecule has 2 aliphatic rings. The van der Waals surface area contributed by atoms with Crippen molar-refractivity contribution in [3.8, 4) is 0 Å². The monoisotopic (exact) mass is 580 g/mol. The molecule has 0 aromatic heterocycles. The van der Waals surface area contributed by atoms with Gasteiger partial charge >= 0.3 is 12.4 Å². The number of carbonyl (C=O) groups is 2. The zero-order valence-electron chi connectivity index (χ0n) is 20.4. The summed E-state index contributed by atoms with van der Waals surface area (Å²) in [6.07, 6.45) is -11.2. The molecule has 1 atom stereocenters. The van der Waals surface area contributed by atoms with E-state index in [1.165, 1.54) is 23.1 Å². The Bertz CT molecular complexity index is 1400. The van der Waals surface area contributed by atoms with Crippen molar-refractivity contribution in [2.24, 2.45) is 5.41 Å². The van der Waals surface area contributed by atoms with Crippen LogP contribution >= 0.6 is 0 Å². The topological polar surface area (TPSA) is 113 Å². The summed E-state index contributed by atoms with van der Waals surface area (Å²) in [5, 5.41) is 11.9. The molecule has 2 heterocycles. The molecule has 1 saturated heterocycles. The van der Waals surface area contributed by atoms with Crippen molar-refractivity contribution in [1.29, 1.82) is 0 Å². The zero-order chi connectivity index (χ0) is 29.2. The Labute approximate surface area is 218 Å². The van der Waals surface area contributed by atoms with E-state index in [0.717, 1.165) is 18.4 Å². The number of ether oxygens (including phenoxy) is 1. The average Bonchev–Trinajstić information content (AvgIpc) is 3.19. The van der Waals surface area contributed by atoms with Crippen LogP contribution in [0.1, 0.15) is 29.7 Å². The Balaban J connectivity index is 1.66. The number of nitrogens with zero attached hydrogens (tertiary/aromatic N) is 1. The van der Waals surface area contributed by atoms with E-state index in [-0.39, 0.29) is 30.3 Å². The fraction of sp³-hybridized carbons (Fsp3) is 0.417. The van der Waals surface area contributed by atoms with Crippen molar-refractivity contribution in [2.75, 3.05) is 24.8 Å². The molecule has 0 aliphatic carbocycles. The molecule has 2 amide bonds. The van der Waals surface area contributed by atoms with Gasteiger partial charge in [-0.3, -0.25) is 9.59 Å². The molecule has 0 spiro atoms. The number of fused-ring (bicyclic) bond motifs is 1. The highest BCUT2D eigenvalue weighted by Gasteiger charge is 2.71. The predicted molar refractivity (Wildman–Crippen MR) is 123 cm³/mol. The summed E-state index contributed by atoms with van der Waals surface area (Å²) in [6.45, 7) is 1.68. The number of benzene rings is 2. The third-order valence-corrected chi connectivity index (χ3v) is 7.86. The quantitative estimate of drug-likeness (QED) is 0.524. The third-order valence-electron chi connectivity index (χ3n) is 6.75. The first-order valence-electron chi connectivity index (χ1n) is 11.3. The number of anilines is 1. The van der Waals surface area contributed by atoms with Gasteiger partial charge in [0.15, 0.2) is 9.84 Å². The summed E-state index contributed by atoms with van der Waals surface area (Å²) in [5.41, 5.74) is -7.10. The van der Waals surface area contributed by atoms with Gasteiger partial charge < -0.3 is 20.1 Å². The molecule has 2 N–H and O–H groups in total. The lowest BCUT2D eigenvalue weighted by molar-refractivity contribution is -0.376. The molecule has 15 heteroatoms. The Kier molecular flexibility index (Phi) is 6.80. The first kappa shape index (κ1) is 28.8. The fourth-order valence-electron chi connectivity index (χ4n) is 4.50. The van der Waals surface area contributed by atoms with E-state index in [1.807, 2.05) is 0 Å². The number of hydrogen-bond acceptors (Lipinski definition) is 6. The summed E-state index contributed by atoms with van der Waals surface area (Å²) < 4.78 is 108. The fourth-order valence-corrected chi connectivity index (χ4v) is 5.17. The Morgan fingerprint density at radius 1 is 1.03 bits per heavy atom. The molecular weight excluding hydrogens is 558 g/mol. The van der Waals surface area contributed by atoms with Crippen LogP contribution in [0.25, 0.3) is 0 Å². The summed E-state index contributed by atoms with van der Waals surface area (Å²) in [7, 11) is -3.61. The van der Waals surface area contributed by atoms with Crippen LogP contribution in [0.3, 0.4) is 0 Å². The number of aliphatic hydroxyl groups is 1. The van der Waals surface area contributed by atoms with Crippen molar-refractivity contribution in [3.63, 3.8) is 0 Å². The number of hydrogen-bond donors (Lipinski definition) is 2. The molecule has 39 heavy (non-hydrogen) atoms. The second-order valence-electron chi connectivity index (χ2n) is 9.79. The van der Waals surface area contributed by atoms with Crippen molar-refractivity contribution in [3.05, 3.63) is 59.2 Å². The van der Waals surface area contributed by atoms with Gasteiger partial charge in [0, 0.05) is 24.1 Å². The first-order chi connectivity index (χ1) is 17.8. The van der Waals surface area contributed by atoms with Gasteiger partial charge in [-0.05, 0) is 42.3 Å². The molecule has 2 aliphatic heterocycles. The molecule has 212 valence electrons. The average molecular weight is 581 g/mol. The lowest BCUT2D eigenvalue weighted by atomic mass is 9.86. The van der Waals surface area contributed by atoms with Gasteiger partial charge in [0.25, 0.3) is 11.5 Å². The van der Waals surface area contributed by atoms with E-state index >= 15 is 0 Å². The van der Waals surface area contributed by atoms with Gasteiger partial charge in [-0.25, -0.2) is 8.42 Å². The molecule has 1 unspecified atom stereocenters. The number of rotatable bonds is 5. The normalized spacial score (nSPS) is 19.3. The van der Waals surface area contributed by atoms with Crippen LogP contribution in [0.2, 0.25) is 0 Å². The second-order valence-corrected chi connectivity index (χ2v) is 11.8. The number of halogens is 6. The highest BCUT2D eigenvalue weighted by molar-refractivity contribution is 7.90. The van der Waals surface area contributed by atoms with Crippen LogP contribution in [-0.4, -0.2) is 62.1 Å². The van der Waals surface area contributed by atoms with Crippen LogP contribution < -0.4 is 5.32 Å². The number of alkyl halides is 6. The smallest absolute Gasteiger partial charge is 0.379 e. The van der Waals surface area contributed by atoms with Gasteiger partial charge in [0.2, 0.25) is 5.91 Å². The third kappa shape index (κ3) is 4.87. The van der Waals surface area contributed by atoms with E-state index in [4.69, 9.17) is 4.74 Å². The largest absolute Gasteiger partial charge is 0.430 e. The summed E-state index contributed by atoms with van der Waals surface area (Å²) in [5.74, 6) is -1.30. The van der Waals surface area contributed by atoms with Gasteiger partial charge in [-0.15, -0.1) is 0 Å². The van der Waals surface area contributed by atoms with Crippen molar-refractivity contribution in [2.45, 2.75) is 42.4 Å². The van der Waals surface area contributed by atoms with Crippen molar-refractivity contribution in [1.82, 2.24) is 4.90 Å². The van der Waals surface area contributed by atoms with Gasteiger partial charge in [0.05, 0.1) is 23.5 Å². The van der Waals surface area contributed by atoms with Gasteiger partial charge in [-0.2, -0.15) is 26.3 Å². The van der Waals surface area contributed by atoms with Crippen LogP contribution in [0.15, 0.2) is 47.4 Å². The zero-order valence-corrected chi connectivity index (χ0v) is 21.2. The molecule has 2 aromatic rings. The molecule has 1 fully saturated rings.